The van der Waals surface area contributed by atoms with Gasteiger partial charge in [-0.05, 0) is 39.2 Å². The van der Waals surface area contributed by atoms with Crippen molar-refractivity contribution in [3.8, 4) is 0 Å². The fraction of sp³-hybridized carbons (Fsp3) is 0.917. The maximum absolute atomic E-state index is 10.5. The van der Waals surface area contributed by atoms with Crippen molar-refractivity contribution in [2.45, 2.75) is 64.5 Å². The second kappa shape index (κ2) is 6.11. The molecule has 88 valence electrons. The van der Waals surface area contributed by atoms with Gasteiger partial charge in [-0.25, -0.2) is 0 Å². The molecule has 0 saturated heterocycles. The Morgan fingerprint density at radius 3 is 2.67 bits per heavy atom. The normalized spacial score (nSPS) is 18.1. The number of hydrogen-bond acceptors (Lipinski definition) is 2. The minimum Gasteiger partial charge on any atom is -0.481 e. The minimum atomic E-state index is -0.673. The van der Waals surface area contributed by atoms with Crippen LogP contribution in [-0.4, -0.2) is 34.6 Å². The molecule has 0 aromatic rings. The van der Waals surface area contributed by atoms with Gasteiger partial charge < -0.3 is 5.11 Å². The van der Waals surface area contributed by atoms with Gasteiger partial charge in [0.1, 0.15) is 0 Å². The molecule has 1 saturated carbocycles. The third-order valence-electron chi connectivity index (χ3n) is 3.13. The van der Waals surface area contributed by atoms with E-state index in [4.69, 9.17) is 5.11 Å². The minimum absolute atomic E-state index is 0.302. The molecular weight excluding hydrogens is 190 g/mol. The van der Waals surface area contributed by atoms with Crippen LogP contribution in [0.2, 0.25) is 0 Å². The molecule has 1 atom stereocenters. The van der Waals surface area contributed by atoms with Crippen molar-refractivity contribution in [3.05, 3.63) is 0 Å². The van der Waals surface area contributed by atoms with E-state index < -0.39 is 5.97 Å². The zero-order valence-corrected chi connectivity index (χ0v) is 9.91. The van der Waals surface area contributed by atoms with E-state index in [1.54, 1.807) is 0 Å². The second-order valence-corrected chi connectivity index (χ2v) is 4.60. The number of nitrogens with zero attached hydrogens (tertiary/aromatic N) is 1. The SMILES string of the molecule is CCCCN(C(C)CCC(=O)O)C1CC1. The van der Waals surface area contributed by atoms with Crippen molar-refractivity contribution >= 4 is 5.97 Å². The molecular formula is C12H23NO2. The largest absolute Gasteiger partial charge is 0.481 e. The fourth-order valence-electron chi connectivity index (χ4n) is 2.01. The van der Waals surface area contributed by atoms with Crippen molar-refractivity contribution in [2.24, 2.45) is 0 Å². The monoisotopic (exact) mass is 213 g/mol. The molecule has 1 aliphatic rings. The molecule has 0 aromatic carbocycles. The molecule has 0 heterocycles. The summed E-state index contributed by atoms with van der Waals surface area (Å²) in [7, 11) is 0. The number of rotatable bonds is 8. The van der Waals surface area contributed by atoms with Gasteiger partial charge in [-0.2, -0.15) is 0 Å². The zero-order valence-electron chi connectivity index (χ0n) is 9.91. The number of carboxylic acids is 1. The van der Waals surface area contributed by atoms with Crippen LogP contribution < -0.4 is 0 Å². The van der Waals surface area contributed by atoms with Crippen LogP contribution in [-0.2, 0) is 4.79 Å². The van der Waals surface area contributed by atoms with Crippen LogP contribution in [0, 0.1) is 0 Å². The van der Waals surface area contributed by atoms with Crippen LogP contribution in [0.5, 0.6) is 0 Å². The first kappa shape index (κ1) is 12.5. The molecule has 15 heavy (non-hydrogen) atoms. The first-order chi connectivity index (χ1) is 7.15. The van der Waals surface area contributed by atoms with E-state index in [1.165, 1.54) is 25.7 Å². The maximum Gasteiger partial charge on any atom is 0.303 e. The predicted octanol–water partition coefficient (Wildman–Crippen LogP) is 2.50. The van der Waals surface area contributed by atoms with Crippen LogP contribution in [0.4, 0.5) is 0 Å². The van der Waals surface area contributed by atoms with Gasteiger partial charge in [-0.3, -0.25) is 9.69 Å². The molecule has 3 heteroatoms. The quantitative estimate of drug-likeness (QED) is 0.673. The summed E-state index contributed by atoms with van der Waals surface area (Å²) < 4.78 is 0. The van der Waals surface area contributed by atoms with Crippen molar-refractivity contribution < 1.29 is 9.90 Å². The van der Waals surface area contributed by atoms with Crippen LogP contribution in [0.25, 0.3) is 0 Å². The van der Waals surface area contributed by atoms with Crippen LogP contribution in [0.1, 0.15) is 52.4 Å². The molecule has 1 fully saturated rings. The van der Waals surface area contributed by atoms with Gasteiger partial charge in [-0.1, -0.05) is 13.3 Å². The Hall–Kier alpha value is -0.570. The number of carboxylic acid groups (broad SMARTS) is 1. The lowest BCUT2D eigenvalue weighted by atomic mass is 10.1. The molecule has 0 spiro atoms. The third kappa shape index (κ3) is 4.65. The highest BCUT2D eigenvalue weighted by molar-refractivity contribution is 5.66. The first-order valence-electron chi connectivity index (χ1n) is 6.12. The topological polar surface area (TPSA) is 40.5 Å². The highest BCUT2D eigenvalue weighted by atomic mass is 16.4. The molecule has 0 aromatic heterocycles. The summed E-state index contributed by atoms with van der Waals surface area (Å²) in [5.74, 6) is -0.673. The summed E-state index contributed by atoms with van der Waals surface area (Å²) in [6, 6.07) is 1.18. The Morgan fingerprint density at radius 1 is 1.53 bits per heavy atom. The van der Waals surface area contributed by atoms with Crippen molar-refractivity contribution in [1.29, 1.82) is 0 Å². The molecule has 3 nitrogen and oxygen atoms in total. The molecule has 1 N–H and O–H groups in total. The van der Waals surface area contributed by atoms with Crippen molar-refractivity contribution in [1.82, 2.24) is 4.90 Å². The highest BCUT2D eigenvalue weighted by Gasteiger charge is 2.31. The third-order valence-corrected chi connectivity index (χ3v) is 3.13. The van der Waals surface area contributed by atoms with E-state index >= 15 is 0 Å². The van der Waals surface area contributed by atoms with Crippen LogP contribution in [0.15, 0.2) is 0 Å². The summed E-state index contributed by atoms with van der Waals surface area (Å²) in [6.07, 6.45) is 6.15. The predicted molar refractivity (Wildman–Crippen MR) is 61.0 cm³/mol. The molecule has 0 bridgehead atoms. The Kier molecular flexibility index (Phi) is 5.09. The van der Waals surface area contributed by atoms with E-state index in [0.29, 0.717) is 12.5 Å². The molecule has 0 radical (unpaired) electrons. The number of hydrogen-bond donors (Lipinski definition) is 1. The Balaban J connectivity index is 2.29. The molecule has 0 aliphatic heterocycles. The summed E-state index contributed by atoms with van der Waals surface area (Å²) in [5.41, 5.74) is 0. The summed E-state index contributed by atoms with van der Waals surface area (Å²) in [4.78, 5) is 13.0. The number of unbranched alkanes of at least 4 members (excludes halogenated alkanes) is 1. The summed E-state index contributed by atoms with van der Waals surface area (Å²) in [6.45, 7) is 5.51. The molecule has 1 aliphatic carbocycles. The van der Waals surface area contributed by atoms with E-state index in [1.807, 2.05) is 0 Å². The van der Waals surface area contributed by atoms with Gasteiger partial charge in [0.05, 0.1) is 0 Å². The standard InChI is InChI=1S/C12H23NO2/c1-3-4-9-13(11-6-7-11)10(2)5-8-12(14)15/h10-11H,3-9H2,1-2H3,(H,14,15). The fourth-order valence-corrected chi connectivity index (χ4v) is 2.01. The molecule has 0 amide bonds. The second-order valence-electron chi connectivity index (χ2n) is 4.60. The van der Waals surface area contributed by atoms with E-state index in [-0.39, 0.29) is 0 Å². The van der Waals surface area contributed by atoms with Gasteiger partial charge in [0.15, 0.2) is 0 Å². The average Bonchev–Trinajstić information content (AvgIpc) is 2.99. The first-order valence-corrected chi connectivity index (χ1v) is 6.12. The van der Waals surface area contributed by atoms with Gasteiger partial charge in [0.25, 0.3) is 0 Å². The molecule has 1 rings (SSSR count). The van der Waals surface area contributed by atoms with E-state index in [9.17, 15) is 4.79 Å². The lowest BCUT2D eigenvalue weighted by Gasteiger charge is -2.28. The Bertz CT molecular complexity index is 202. The van der Waals surface area contributed by atoms with E-state index in [2.05, 4.69) is 18.7 Å². The van der Waals surface area contributed by atoms with Crippen LogP contribution >= 0.6 is 0 Å². The van der Waals surface area contributed by atoms with E-state index in [0.717, 1.165) is 19.0 Å². The summed E-state index contributed by atoms with van der Waals surface area (Å²) in [5, 5.41) is 8.66. The van der Waals surface area contributed by atoms with Crippen molar-refractivity contribution in [3.63, 3.8) is 0 Å². The number of carbonyl (C=O) groups is 1. The van der Waals surface area contributed by atoms with Gasteiger partial charge in [0.2, 0.25) is 0 Å². The maximum atomic E-state index is 10.5. The van der Waals surface area contributed by atoms with Crippen molar-refractivity contribution in [2.75, 3.05) is 6.54 Å². The smallest absolute Gasteiger partial charge is 0.303 e. The highest BCUT2D eigenvalue weighted by Crippen LogP contribution is 2.29. The number of aliphatic carboxylic acids is 1. The van der Waals surface area contributed by atoms with Crippen LogP contribution in [0.3, 0.4) is 0 Å². The Morgan fingerprint density at radius 2 is 2.20 bits per heavy atom. The van der Waals surface area contributed by atoms with Gasteiger partial charge in [0, 0.05) is 18.5 Å². The summed E-state index contributed by atoms with van der Waals surface area (Å²) >= 11 is 0. The Labute approximate surface area is 92.5 Å². The average molecular weight is 213 g/mol. The molecule has 1 unspecified atom stereocenters. The lowest BCUT2D eigenvalue weighted by molar-refractivity contribution is -0.137. The van der Waals surface area contributed by atoms with Gasteiger partial charge >= 0.3 is 5.97 Å². The van der Waals surface area contributed by atoms with Gasteiger partial charge in [-0.15, -0.1) is 0 Å². The zero-order chi connectivity index (χ0) is 11.3. The lowest BCUT2D eigenvalue weighted by Crippen LogP contribution is -2.36.